The highest BCUT2D eigenvalue weighted by Crippen LogP contribution is 2.30. The highest BCUT2D eigenvalue weighted by atomic mass is 16.1. The van der Waals surface area contributed by atoms with Crippen LogP contribution >= 0.6 is 0 Å². The van der Waals surface area contributed by atoms with Crippen LogP contribution < -0.4 is 0 Å². The third-order valence-corrected chi connectivity index (χ3v) is 2.69. The molecule has 1 unspecified atom stereocenters. The molecular formula is C13H14O. The van der Waals surface area contributed by atoms with Crippen LogP contribution in [0.15, 0.2) is 42.0 Å². The molecule has 1 nitrogen and oxygen atoms in total. The van der Waals surface area contributed by atoms with Gasteiger partial charge in [0.2, 0.25) is 0 Å². The molecule has 0 bridgehead atoms. The molecule has 0 fully saturated rings. The molecule has 1 aromatic carbocycles. The van der Waals surface area contributed by atoms with Gasteiger partial charge in [-0.2, -0.15) is 0 Å². The molecule has 1 aliphatic carbocycles. The summed E-state index contributed by atoms with van der Waals surface area (Å²) in [5.74, 6) is 0.663. The maximum atomic E-state index is 11.4. The molecular weight excluding hydrogens is 172 g/mol. The largest absolute Gasteiger partial charge is 0.295 e. The Hall–Kier alpha value is -1.37. The minimum Gasteiger partial charge on any atom is -0.295 e. The molecule has 0 saturated heterocycles. The first-order valence-corrected chi connectivity index (χ1v) is 5.00. The molecule has 2 rings (SSSR count). The van der Waals surface area contributed by atoms with E-state index in [9.17, 15) is 4.79 Å². The quantitative estimate of drug-likeness (QED) is 0.658. The highest BCUT2D eigenvalue weighted by molar-refractivity contribution is 5.91. The summed E-state index contributed by atoms with van der Waals surface area (Å²) >= 11 is 0. The van der Waals surface area contributed by atoms with E-state index in [1.807, 2.05) is 25.1 Å². The number of hydrogen-bond donors (Lipinski definition) is 0. The van der Waals surface area contributed by atoms with Crippen LogP contribution in [0.4, 0.5) is 0 Å². The van der Waals surface area contributed by atoms with Gasteiger partial charge in [0.1, 0.15) is 0 Å². The topological polar surface area (TPSA) is 17.1 Å². The molecule has 0 spiro atoms. The van der Waals surface area contributed by atoms with Crippen LogP contribution in [-0.4, -0.2) is 5.78 Å². The van der Waals surface area contributed by atoms with Gasteiger partial charge >= 0.3 is 0 Å². The second-order valence-electron chi connectivity index (χ2n) is 3.97. The first-order valence-electron chi connectivity index (χ1n) is 5.00. The number of hydrogen-bond acceptors (Lipinski definition) is 1. The van der Waals surface area contributed by atoms with E-state index in [4.69, 9.17) is 0 Å². The van der Waals surface area contributed by atoms with Crippen LogP contribution in [-0.2, 0) is 4.79 Å². The van der Waals surface area contributed by atoms with Crippen molar-refractivity contribution in [3.63, 3.8) is 0 Å². The van der Waals surface area contributed by atoms with Crippen molar-refractivity contribution >= 4 is 5.78 Å². The molecule has 1 aromatic rings. The highest BCUT2D eigenvalue weighted by Gasteiger charge is 2.19. The lowest BCUT2D eigenvalue weighted by atomic mass is 9.84. The molecule has 0 heterocycles. The van der Waals surface area contributed by atoms with Crippen molar-refractivity contribution in [1.82, 2.24) is 0 Å². The number of allylic oxidation sites excluding steroid dienone is 2. The molecule has 0 aliphatic heterocycles. The van der Waals surface area contributed by atoms with E-state index in [0.717, 1.165) is 6.42 Å². The normalized spacial score (nSPS) is 21.9. The average Bonchev–Trinajstić information content (AvgIpc) is 2.18. The molecule has 72 valence electrons. The summed E-state index contributed by atoms with van der Waals surface area (Å²) in [5.41, 5.74) is 2.49. The van der Waals surface area contributed by atoms with E-state index >= 15 is 0 Å². The Morgan fingerprint density at radius 2 is 1.86 bits per heavy atom. The van der Waals surface area contributed by atoms with Crippen molar-refractivity contribution < 1.29 is 4.79 Å². The molecule has 0 aromatic heterocycles. The summed E-state index contributed by atoms with van der Waals surface area (Å²) in [6, 6.07) is 10.3. The van der Waals surface area contributed by atoms with Gasteiger partial charge in [0.05, 0.1) is 0 Å². The van der Waals surface area contributed by atoms with Gasteiger partial charge in [-0.15, -0.1) is 0 Å². The van der Waals surface area contributed by atoms with Crippen molar-refractivity contribution in [2.24, 2.45) is 0 Å². The fraction of sp³-hybridized carbons (Fsp3) is 0.308. The minimum absolute atomic E-state index is 0.266. The second-order valence-corrected chi connectivity index (χ2v) is 3.97. The number of carbonyl (C=O) groups is 1. The Morgan fingerprint density at radius 3 is 2.50 bits per heavy atom. The van der Waals surface area contributed by atoms with Gasteiger partial charge in [-0.25, -0.2) is 0 Å². The van der Waals surface area contributed by atoms with Gasteiger partial charge in [-0.05, 0) is 30.9 Å². The minimum atomic E-state index is 0.266. The van der Waals surface area contributed by atoms with Crippen LogP contribution in [0.3, 0.4) is 0 Å². The van der Waals surface area contributed by atoms with Crippen LogP contribution in [0.25, 0.3) is 0 Å². The van der Waals surface area contributed by atoms with Crippen LogP contribution in [0, 0.1) is 0 Å². The van der Waals surface area contributed by atoms with Crippen molar-refractivity contribution in [2.75, 3.05) is 0 Å². The zero-order chi connectivity index (χ0) is 9.97. The Labute approximate surface area is 84.5 Å². The predicted octanol–water partition coefficient (Wildman–Crippen LogP) is 3.08. The SMILES string of the molecule is CC1=CC(=O)CC(c2ccccc2)C1. The second kappa shape index (κ2) is 3.79. The van der Waals surface area contributed by atoms with E-state index in [-0.39, 0.29) is 5.78 Å². The molecule has 1 atom stereocenters. The Morgan fingerprint density at radius 1 is 1.14 bits per heavy atom. The zero-order valence-corrected chi connectivity index (χ0v) is 8.36. The summed E-state index contributed by atoms with van der Waals surface area (Å²) in [4.78, 5) is 11.4. The first kappa shape index (κ1) is 9.20. The molecule has 0 amide bonds. The lowest BCUT2D eigenvalue weighted by molar-refractivity contribution is -0.115. The summed E-state index contributed by atoms with van der Waals surface area (Å²) in [5, 5.41) is 0. The standard InChI is InChI=1S/C13H14O/c1-10-7-12(9-13(14)8-10)11-5-3-2-4-6-11/h2-6,8,12H,7,9H2,1H3. The summed E-state index contributed by atoms with van der Waals surface area (Å²) in [7, 11) is 0. The third-order valence-electron chi connectivity index (χ3n) is 2.69. The summed E-state index contributed by atoms with van der Waals surface area (Å²) in [6.45, 7) is 2.03. The van der Waals surface area contributed by atoms with E-state index in [1.165, 1.54) is 11.1 Å². The summed E-state index contributed by atoms with van der Waals surface area (Å²) < 4.78 is 0. The molecule has 14 heavy (non-hydrogen) atoms. The Kier molecular flexibility index (Phi) is 2.49. The third kappa shape index (κ3) is 1.92. The van der Waals surface area contributed by atoms with Crippen molar-refractivity contribution in [1.29, 1.82) is 0 Å². The van der Waals surface area contributed by atoms with Gasteiger partial charge in [0, 0.05) is 6.42 Å². The Bertz CT molecular complexity index is 362. The maximum Gasteiger partial charge on any atom is 0.156 e. The lowest BCUT2D eigenvalue weighted by Crippen LogP contribution is -2.11. The van der Waals surface area contributed by atoms with Crippen molar-refractivity contribution in [3.8, 4) is 0 Å². The van der Waals surface area contributed by atoms with Crippen LogP contribution in [0.1, 0.15) is 31.2 Å². The van der Waals surface area contributed by atoms with Gasteiger partial charge in [0.25, 0.3) is 0 Å². The molecule has 0 N–H and O–H groups in total. The fourth-order valence-corrected chi connectivity index (χ4v) is 2.06. The van der Waals surface area contributed by atoms with E-state index in [2.05, 4.69) is 12.1 Å². The predicted molar refractivity (Wildman–Crippen MR) is 57.2 cm³/mol. The number of rotatable bonds is 1. The fourth-order valence-electron chi connectivity index (χ4n) is 2.06. The van der Waals surface area contributed by atoms with Gasteiger partial charge in [0.15, 0.2) is 5.78 Å². The first-order chi connectivity index (χ1) is 6.75. The number of carbonyl (C=O) groups excluding carboxylic acids is 1. The van der Waals surface area contributed by atoms with Crippen LogP contribution in [0.2, 0.25) is 0 Å². The summed E-state index contributed by atoms with van der Waals surface area (Å²) in [6.07, 6.45) is 3.47. The lowest BCUT2D eigenvalue weighted by Gasteiger charge is -2.20. The number of ketones is 1. The van der Waals surface area contributed by atoms with E-state index in [1.54, 1.807) is 6.08 Å². The van der Waals surface area contributed by atoms with E-state index < -0.39 is 0 Å². The smallest absolute Gasteiger partial charge is 0.156 e. The molecule has 0 saturated carbocycles. The average molecular weight is 186 g/mol. The molecule has 1 aliphatic rings. The van der Waals surface area contributed by atoms with E-state index in [0.29, 0.717) is 12.3 Å². The van der Waals surface area contributed by atoms with Crippen molar-refractivity contribution in [2.45, 2.75) is 25.7 Å². The zero-order valence-electron chi connectivity index (χ0n) is 8.36. The maximum absolute atomic E-state index is 11.4. The van der Waals surface area contributed by atoms with Gasteiger partial charge < -0.3 is 0 Å². The molecule has 0 radical (unpaired) electrons. The molecule has 1 heteroatoms. The van der Waals surface area contributed by atoms with Crippen LogP contribution in [0.5, 0.6) is 0 Å². The monoisotopic (exact) mass is 186 g/mol. The van der Waals surface area contributed by atoms with Gasteiger partial charge in [-0.3, -0.25) is 4.79 Å². The van der Waals surface area contributed by atoms with Gasteiger partial charge in [-0.1, -0.05) is 35.9 Å². The Balaban J connectivity index is 2.22. The van der Waals surface area contributed by atoms with Crippen molar-refractivity contribution in [3.05, 3.63) is 47.5 Å². The number of benzene rings is 1.